The van der Waals surface area contributed by atoms with E-state index in [4.69, 9.17) is 0 Å². The lowest BCUT2D eigenvalue weighted by Crippen LogP contribution is -2.01. The average Bonchev–Trinajstić information content (AvgIpc) is 2.36. The summed E-state index contributed by atoms with van der Waals surface area (Å²) >= 11 is 0. The Morgan fingerprint density at radius 3 is 2.25 bits per heavy atom. The smallest absolute Gasteiger partial charge is 0.430 e. The van der Waals surface area contributed by atoms with Gasteiger partial charge in [-0.1, -0.05) is 0 Å². The molecule has 0 aromatic carbocycles. The summed E-state index contributed by atoms with van der Waals surface area (Å²) in [4.78, 5) is 10.0. The van der Waals surface area contributed by atoms with Crippen LogP contribution in [0.25, 0.3) is 0 Å². The highest BCUT2D eigenvalue weighted by Crippen LogP contribution is 2.02. The van der Waals surface area contributed by atoms with Crippen LogP contribution < -0.4 is 0 Å². The van der Waals surface area contributed by atoms with Gasteiger partial charge in [-0.25, -0.2) is 9.18 Å². The number of cyclic esters (lactones) is 2. The molecule has 1 fully saturated rings. The average molecular weight is 184 g/mol. The lowest BCUT2D eigenvalue weighted by atomic mass is 10.5. The van der Waals surface area contributed by atoms with Crippen molar-refractivity contribution < 1.29 is 27.4 Å². The molecule has 1 atom stereocenters. The quantitative estimate of drug-likeness (QED) is 0.541. The van der Waals surface area contributed by atoms with E-state index in [2.05, 4.69) is 9.47 Å². The van der Waals surface area contributed by atoms with Crippen LogP contribution >= 0.6 is 0 Å². The minimum absolute atomic E-state index is 0.0486. The van der Waals surface area contributed by atoms with Crippen molar-refractivity contribution in [2.45, 2.75) is 13.0 Å². The van der Waals surface area contributed by atoms with E-state index < -0.39 is 18.6 Å². The second-order valence-electron chi connectivity index (χ2n) is 1.89. The standard InChI is InChI=1S/C4H6O3.C2HF3/c1-3-2-6-4(5)7-3;3-1-2(4)5/h3H,2H2,1H3;1H. The van der Waals surface area contributed by atoms with E-state index in [1.807, 2.05) is 0 Å². The molecule has 1 unspecified atom stereocenters. The van der Waals surface area contributed by atoms with Crippen molar-refractivity contribution in [2.75, 3.05) is 6.61 Å². The van der Waals surface area contributed by atoms with Gasteiger partial charge in [0.25, 0.3) is 6.08 Å². The fraction of sp³-hybridized carbons (Fsp3) is 0.500. The van der Waals surface area contributed by atoms with Crippen molar-refractivity contribution in [1.29, 1.82) is 0 Å². The molecular formula is C6H7F3O3. The highest BCUT2D eigenvalue weighted by Gasteiger charge is 2.19. The first-order chi connectivity index (χ1) is 5.56. The van der Waals surface area contributed by atoms with Crippen LogP contribution in [0.2, 0.25) is 0 Å². The van der Waals surface area contributed by atoms with Gasteiger partial charge < -0.3 is 9.47 Å². The Bertz CT molecular complexity index is 177. The molecule has 1 heterocycles. The molecule has 0 N–H and O–H groups in total. The van der Waals surface area contributed by atoms with Gasteiger partial charge in [0.05, 0.1) is 0 Å². The van der Waals surface area contributed by atoms with E-state index in [0.29, 0.717) is 6.61 Å². The molecule has 0 amide bonds. The first-order valence-corrected chi connectivity index (χ1v) is 3.01. The number of halogens is 3. The van der Waals surface area contributed by atoms with Crippen molar-refractivity contribution in [3.63, 3.8) is 0 Å². The third-order valence-electron chi connectivity index (χ3n) is 0.816. The summed E-state index contributed by atoms with van der Waals surface area (Å²) in [6.45, 7) is 2.18. The number of carbonyl (C=O) groups excluding carboxylic acids is 1. The van der Waals surface area contributed by atoms with Crippen molar-refractivity contribution in [3.8, 4) is 0 Å². The van der Waals surface area contributed by atoms with E-state index >= 15 is 0 Å². The summed E-state index contributed by atoms with van der Waals surface area (Å²) in [5.41, 5.74) is 0. The molecule has 0 aliphatic carbocycles. The lowest BCUT2D eigenvalue weighted by molar-refractivity contribution is 0.121. The molecule has 3 nitrogen and oxygen atoms in total. The van der Waals surface area contributed by atoms with Gasteiger partial charge in [0.2, 0.25) is 0 Å². The molecule has 0 aromatic rings. The highest BCUT2D eigenvalue weighted by molar-refractivity contribution is 5.61. The fourth-order valence-corrected chi connectivity index (χ4v) is 0.418. The summed E-state index contributed by atoms with van der Waals surface area (Å²) in [6.07, 6.45) is -3.63. The van der Waals surface area contributed by atoms with Crippen LogP contribution in [0.3, 0.4) is 0 Å². The minimum atomic E-state index is -2.29. The molecular weight excluding hydrogens is 177 g/mol. The zero-order valence-electron chi connectivity index (χ0n) is 6.22. The van der Waals surface area contributed by atoms with Gasteiger partial charge in [-0.15, -0.1) is 0 Å². The molecule has 1 rings (SSSR count). The van der Waals surface area contributed by atoms with E-state index in [1.54, 1.807) is 6.92 Å². The van der Waals surface area contributed by atoms with Crippen LogP contribution in [0.15, 0.2) is 12.4 Å². The van der Waals surface area contributed by atoms with Crippen LogP contribution in [0, 0.1) is 0 Å². The van der Waals surface area contributed by atoms with Gasteiger partial charge in [0.1, 0.15) is 12.7 Å². The lowest BCUT2D eigenvalue weighted by Gasteiger charge is -1.90. The fourth-order valence-electron chi connectivity index (χ4n) is 0.418. The summed E-state index contributed by atoms with van der Waals surface area (Å²) in [7, 11) is 0. The maximum absolute atomic E-state index is 10.2. The van der Waals surface area contributed by atoms with Gasteiger partial charge in [-0.05, 0) is 6.92 Å². The molecule has 0 bridgehead atoms. The maximum Gasteiger partial charge on any atom is 0.508 e. The SMILES string of the molecule is CC1COC(=O)O1.FC=C(F)F. The van der Waals surface area contributed by atoms with Crippen LogP contribution in [-0.4, -0.2) is 18.9 Å². The van der Waals surface area contributed by atoms with Crippen molar-refractivity contribution in [3.05, 3.63) is 12.4 Å². The molecule has 1 aliphatic rings. The summed E-state index contributed by atoms with van der Waals surface area (Å²) in [5, 5.41) is 0. The van der Waals surface area contributed by atoms with Crippen molar-refractivity contribution in [2.24, 2.45) is 0 Å². The van der Waals surface area contributed by atoms with E-state index in [-0.39, 0.29) is 6.10 Å². The predicted octanol–water partition coefficient (Wildman–Crippen LogP) is 2.24. The normalized spacial score (nSPS) is 20.0. The third kappa shape index (κ3) is 5.57. The van der Waals surface area contributed by atoms with Crippen LogP contribution in [0.4, 0.5) is 18.0 Å². The predicted molar refractivity (Wildman–Crippen MR) is 33.3 cm³/mol. The second kappa shape index (κ2) is 5.45. The van der Waals surface area contributed by atoms with Gasteiger partial charge in [-0.2, -0.15) is 8.78 Å². The zero-order chi connectivity index (χ0) is 9.56. The monoisotopic (exact) mass is 184 g/mol. The Labute approximate surface area is 66.8 Å². The van der Waals surface area contributed by atoms with E-state index in [0.717, 1.165) is 0 Å². The first kappa shape index (κ1) is 10.8. The number of carbonyl (C=O) groups is 1. The molecule has 0 spiro atoms. The van der Waals surface area contributed by atoms with Gasteiger partial charge in [0, 0.05) is 0 Å². The summed E-state index contributed by atoms with van der Waals surface area (Å²) in [5.74, 6) is 0. The Kier molecular flexibility index (Phi) is 4.91. The van der Waals surface area contributed by atoms with Crippen LogP contribution in [0.5, 0.6) is 0 Å². The molecule has 12 heavy (non-hydrogen) atoms. The molecule has 1 saturated heterocycles. The molecule has 1 aliphatic heterocycles. The zero-order valence-corrected chi connectivity index (χ0v) is 6.22. The summed E-state index contributed by atoms with van der Waals surface area (Å²) in [6, 6.07) is 0. The van der Waals surface area contributed by atoms with Crippen LogP contribution in [0.1, 0.15) is 6.92 Å². The van der Waals surface area contributed by atoms with Crippen molar-refractivity contribution in [1.82, 2.24) is 0 Å². The highest BCUT2D eigenvalue weighted by atomic mass is 19.3. The van der Waals surface area contributed by atoms with Gasteiger partial charge in [0.15, 0.2) is 6.33 Å². The van der Waals surface area contributed by atoms with Crippen molar-refractivity contribution >= 4 is 6.16 Å². The Hall–Kier alpha value is -1.20. The summed E-state index contributed by atoms with van der Waals surface area (Å²) < 4.78 is 39.6. The minimum Gasteiger partial charge on any atom is -0.430 e. The number of hydrogen-bond acceptors (Lipinski definition) is 3. The molecule has 0 saturated carbocycles. The first-order valence-electron chi connectivity index (χ1n) is 3.01. The van der Waals surface area contributed by atoms with E-state index in [9.17, 15) is 18.0 Å². The third-order valence-corrected chi connectivity index (χ3v) is 0.816. The van der Waals surface area contributed by atoms with Gasteiger partial charge >= 0.3 is 6.16 Å². The maximum atomic E-state index is 10.2. The second-order valence-corrected chi connectivity index (χ2v) is 1.89. The Morgan fingerprint density at radius 1 is 1.67 bits per heavy atom. The Morgan fingerprint density at radius 2 is 2.17 bits per heavy atom. The number of rotatable bonds is 0. The molecule has 0 radical (unpaired) electrons. The number of ether oxygens (including phenoxy) is 2. The molecule has 0 aromatic heterocycles. The largest absolute Gasteiger partial charge is 0.508 e. The molecule has 6 heteroatoms. The van der Waals surface area contributed by atoms with Gasteiger partial charge in [-0.3, -0.25) is 0 Å². The number of hydrogen-bond donors (Lipinski definition) is 0. The topological polar surface area (TPSA) is 35.5 Å². The molecule has 70 valence electrons. The Balaban J connectivity index is 0.000000217. The van der Waals surface area contributed by atoms with E-state index in [1.165, 1.54) is 0 Å². The van der Waals surface area contributed by atoms with Crippen LogP contribution in [-0.2, 0) is 9.47 Å².